The van der Waals surface area contributed by atoms with E-state index in [0.717, 1.165) is 44.3 Å². The second kappa shape index (κ2) is 11.3. The smallest absolute Gasteiger partial charge is 0.146 e. The Balaban J connectivity index is 1.19. The van der Waals surface area contributed by atoms with Crippen molar-refractivity contribution in [2.45, 2.75) is 18.3 Å². The van der Waals surface area contributed by atoms with Gasteiger partial charge in [0.15, 0.2) is 0 Å². The van der Waals surface area contributed by atoms with Crippen LogP contribution < -0.4 is 5.73 Å². The highest BCUT2D eigenvalue weighted by Crippen LogP contribution is 2.64. The number of fused-ring (bicyclic) bond motifs is 14. The Morgan fingerprint density at radius 1 is 0.569 bits per heavy atom. The Labute approximate surface area is 297 Å². The van der Waals surface area contributed by atoms with E-state index in [1.165, 1.54) is 44.5 Å². The van der Waals surface area contributed by atoms with Crippen LogP contribution in [0, 0.1) is 0 Å². The Bertz CT molecular complexity index is 2670. The van der Waals surface area contributed by atoms with Gasteiger partial charge in [0.25, 0.3) is 0 Å². The van der Waals surface area contributed by atoms with Crippen LogP contribution in [0.4, 0.5) is 0 Å². The molecule has 3 nitrogen and oxygen atoms in total. The number of amidine groups is 1. The van der Waals surface area contributed by atoms with E-state index in [0.29, 0.717) is 5.84 Å². The van der Waals surface area contributed by atoms with Crippen molar-refractivity contribution in [1.82, 2.24) is 0 Å². The van der Waals surface area contributed by atoms with Gasteiger partial charge in [-0.25, -0.2) is 4.99 Å². The first-order chi connectivity index (χ1) is 25.1. The van der Waals surface area contributed by atoms with Crippen molar-refractivity contribution in [1.29, 1.82) is 0 Å². The summed E-state index contributed by atoms with van der Waals surface area (Å²) in [4.78, 5) is 5.11. The summed E-state index contributed by atoms with van der Waals surface area (Å²) in [5.41, 5.74) is 22.1. The van der Waals surface area contributed by atoms with Crippen LogP contribution in [0.15, 0.2) is 179 Å². The summed E-state index contributed by atoms with van der Waals surface area (Å²) in [5.74, 6) is 0.558. The van der Waals surface area contributed by atoms with Crippen molar-refractivity contribution in [2.75, 3.05) is 0 Å². The fraction of sp³-hybridized carbons (Fsp3) is 0.0625. The van der Waals surface area contributed by atoms with Gasteiger partial charge in [0.05, 0.1) is 16.7 Å². The average Bonchev–Trinajstić information content (AvgIpc) is 3.82. The zero-order chi connectivity index (χ0) is 34.1. The molecule has 1 unspecified atom stereocenters. The van der Waals surface area contributed by atoms with Crippen LogP contribution in [0.2, 0.25) is 0 Å². The first-order valence-corrected chi connectivity index (χ1v) is 17.6. The molecule has 8 aromatic rings. The van der Waals surface area contributed by atoms with E-state index >= 15 is 0 Å². The predicted octanol–water partition coefficient (Wildman–Crippen LogP) is 11.5. The van der Waals surface area contributed by atoms with Crippen LogP contribution in [0.25, 0.3) is 49.9 Å². The summed E-state index contributed by atoms with van der Waals surface area (Å²) in [7, 11) is 0. The molecular formula is C48H34N2O. The molecule has 0 saturated heterocycles. The Morgan fingerprint density at radius 3 is 1.82 bits per heavy atom. The van der Waals surface area contributed by atoms with Crippen LogP contribution >= 0.6 is 0 Å². The number of allylic oxidation sites excluding steroid dienone is 1. The van der Waals surface area contributed by atoms with Gasteiger partial charge in [-0.05, 0) is 56.1 Å². The third kappa shape index (κ3) is 4.22. The largest absolute Gasteiger partial charge is 0.455 e. The van der Waals surface area contributed by atoms with Gasteiger partial charge >= 0.3 is 0 Å². The van der Waals surface area contributed by atoms with Gasteiger partial charge in [-0.3, -0.25) is 0 Å². The normalized spacial score (nSPS) is 14.8. The quantitative estimate of drug-likeness (QED) is 0.148. The number of furan rings is 1. The predicted molar refractivity (Wildman–Crippen MR) is 210 cm³/mol. The highest BCUT2D eigenvalue weighted by molar-refractivity contribution is 6.18. The molecule has 3 heteroatoms. The maximum atomic E-state index is 7.04. The molecule has 0 saturated carbocycles. The SMILES string of the molecule is CC(C=C(N=C(N)c1cccc2c1oc1c3c(ccc12)C1(c2ccccc2-c2ccccc21)c1ccccc1-3)c1ccccc1)c1ccccc1. The number of aliphatic imine (C=N–C) groups is 1. The minimum Gasteiger partial charge on any atom is -0.455 e. The van der Waals surface area contributed by atoms with Crippen LogP contribution in [0.5, 0.6) is 0 Å². The van der Waals surface area contributed by atoms with Crippen molar-refractivity contribution >= 4 is 33.5 Å². The monoisotopic (exact) mass is 654 g/mol. The maximum Gasteiger partial charge on any atom is 0.146 e. The number of hydrogen-bond acceptors (Lipinski definition) is 2. The number of nitrogens with two attached hydrogens (primary N) is 1. The zero-order valence-electron chi connectivity index (χ0n) is 28.2. The third-order valence-corrected chi connectivity index (χ3v) is 10.9. The zero-order valence-corrected chi connectivity index (χ0v) is 28.2. The van der Waals surface area contributed by atoms with Gasteiger partial charge in [0, 0.05) is 22.3 Å². The second-order valence-corrected chi connectivity index (χ2v) is 13.7. The van der Waals surface area contributed by atoms with E-state index in [4.69, 9.17) is 15.1 Å². The lowest BCUT2D eigenvalue weighted by Gasteiger charge is -2.30. The molecule has 0 radical (unpaired) electrons. The number of nitrogens with zero attached hydrogens (tertiary/aromatic N) is 1. The summed E-state index contributed by atoms with van der Waals surface area (Å²) in [6.45, 7) is 2.19. The molecule has 0 bridgehead atoms. The van der Waals surface area contributed by atoms with Crippen molar-refractivity contribution in [3.8, 4) is 22.3 Å². The fourth-order valence-corrected chi connectivity index (χ4v) is 8.72. The molecule has 0 fully saturated rings. The van der Waals surface area contributed by atoms with E-state index in [2.05, 4.69) is 146 Å². The minimum atomic E-state index is -0.430. The molecule has 1 spiro atoms. The van der Waals surface area contributed by atoms with E-state index < -0.39 is 5.41 Å². The van der Waals surface area contributed by atoms with Gasteiger partial charge < -0.3 is 10.2 Å². The molecule has 1 aromatic heterocycles. The van der Waals surface area contributed by atoms with Gasteiger partial charge in [0.1, 0.15) is 17.0 Å². The highest BCUT2D eigenvalue weighted by atomic mass is 16.3. The van der Waals surface area contributed by atoms with Crippen LogP contribution in [0.3, 0.4) is 0 Å². The van der Waals surface area contributed by atoms with Crippen molar-refractivity contribution in [2.24, 2.45) is 10.7 Å². The summed E-state index contributed by atoms with van der Waals surface area (Å²) in [6, 6.07) is 58.1. The van der Waals surface area contributed by atoms with Gasteiger partial charge in [-0.2, -0.15) is 0 Å². The highest BCUT2D eigenvalue weighted by Gasteiger charge is 2.52. The molecule has 242 valence electrons. The van der Waals surface area contributed by atoms with E-state index in [1.807, 2.05) is 30.3 Å². The van der Waals surface area contributed by atoms with Crippen molar-refractivity contribution < 1.29 is 4.42 Å². The van der Waals surface area contributed by atoms with Crippen LogP contribution in [-0.2, 0) is 5.41 Å². The summed E-state index contributed by atoms with van der Waals surface area (Å²) < 4.78 is 7.04. The van der Waals surface area contributed by atoms with Crippen molar-refractivity contribution in [3.05, 3.63) is 209 Å². The minimum absolute atomic E-state index is 0.140. The van der Waals surface area contributed by atoms with Gasteiger partial charge in [-0.1, -0.05) is 171 Å². The first kappa shape index (κ1) is 29.5. The van der Waals surface area contributed by atoms with Gasteiger partial charge in [0.2, 0.25) is 0 Å². The Kier molecular flexibility index (Phi) is 6.53. The average molecular weight is 655 g/mol. The number of hydrogen-bond donors (Lipinski definition) is 1. The molecule has 2 aliphatic rings. The lowest BCUT2D eigenvalue weighted by atomic mass is 9.70. The van der Waals surface area contributed by atoms with Crippen molar-refractivity contribution in [3.63, 3.8) is 0 Å². The second-order valence-electron chi connectivity index (χ2n) is 13.7. The number of benzene rings is 7. The van der Waals surface area contributed by atoms with E-state index in [9.17, 15) is 0 Å². The molecule has 2 N–H and O–H groups in total. The molecule has 2 aliphatic carbocycles. The van der Waals surface area contributed by atoms with E-state index in [1.54, 1.807) is 0 Å². The molecule has 1 heterocycles. The summed E-state index contributed by atoms with van der Waals surface area (Å²) >= 11 is 0. The third-order valence-electron chi connectivity index (χ3n) is 10.9. The molecule has 1 atom stereocenters. The topological polar surface area (TPSA) is 51.5 Å². The first-order valence-electron chi connectivity index (χ1n) is 17.6. The fourth-order valence-electron chi connectivity index (χ4n) is 8.72. The van der Waals surface area contributed by atoms with Crippen LogP contribution in [-0.4, -0.2) is 5.84 Å². The molecule has 10 rings (SSSR count). The standard InChI is InChI=1S/C48H34N2O/c1-30(31-15-4-2-5-16-31)29-43(32-17-6-3-7-18-32)50-47(49)38-23-14-22-35-36-27-28-42-44(46(36)51-45(35)38)37-21-10-13-26-41(37)48(42)39-24-11-8-19-33(39)34-20-9-12-25-40(34)48/h2-30H,1H3,(H2,49,50). The Hall–Kier alpha value is -6.45. The summed E-state index contributed by atoms with van der Waals surface area (Å²) in [5, 5.41) is 2.10. The lowest BCUT2D eigenvalue weighted by Crippen LogP contribution is -2.25. The summed E-state index contributed by atoms with van der Waals surface area (Å²) in [6.07, 6.45) is 2.19. The lowest BCUT2D eigenvalue weighted by molar-refractivity contribution is 0.668. The molecule has 0 aliphatic heterocycles. The number of para-hydroxylation sites is 1. The molecule has 51 heavy (non-hydrogen) atoms. The Morgan fingerprint density at radius 2 is 1.14 bits per heavy atom. The number of rotatable bonds is 5. The molecular weight excluding hydrogens is 621 g/mol. The van der Waals surface area contributed by atoms with Crippen LogP contribution in [0.1, 0.15) is 51.8 Å². The molecule has 7 aromatic carbocycles. The van der Waals surface area contributed by atoms with E-state index in [-0.39, 0.29) is 5.92 Å². The maximum absolute atomic E-state index is 7.04. The molecule has 0 amide bonds. The van der Waals surface area contributed by atoms with Gasteiger partial charge in [-0.15, -0.1) is 0 Å².